The number of hydrogen-bond donors (Lipinski definition) is 2. The highest BCUT2D eigenvalue weighted by molar-refractivity contribution is 4.90. The van der Waals surface area contributed by atoms with Crippen LogP contribution >= 0.6 is 0 Å². The average Bonchev–Trinajstić information content (AvgIpc) is 2.49. The monoisotopic (exact) mass is 210 g/mol. The number of hydrogen-bond acceptors (Lipinski definition) is 2. The molecule has 15 heavy (non-hydrogen) atoms. The lowest BCUT2D eigenvalue weighted by Gasteiger charge is -2.34. The van der Waals surface area contributed by atoms with Gasteiger partial charge in [0.2, 0.25) is 0 Å². The first-order valence-electron chi connectivity index (χ1n) is 6.65. The van der Waals surface area contributed by atoms with Gasteiger partial charge in [0.15, 0.2) is 0 Å². The Morgan fingerprint density at radius 3 is 2.93 bits per heavy atom. The Hall–Kier alpha value is -0.0800. The summed E-state index contributed by atoms with van der Waals surface area (Å²) in [4.78, 5) is 0. The van der Waals surface area contributed by atoms with Crippen LogP contribution in [0.4, 0.5) is 0 Å². The lowest BCUT2D eigenvalue weighted by Crippen LogP contribution is -2.31. The Morgan fingerprint density at radius 1 is 1.27 bits per heavy atom. The molecule has 1 aliphatic carbocycles. The Morgan fingerprint density at radius 2 is 2.13 bits per heavy atom. The van der Waals surface area contributed by atoms with Crippen molar-refractivity contribution in [2.75, 3.05) is 19.6 Å². The molecule has 2 fully saturated rings. The number of fused-ring (bicyclic) bond motifs is 1. The summed E-state index contributed by atoms with van der Waals surface area (Å²) in [7, 11) is 0. The summed E-state index contributed by atoms with van der Waals surface area (Å²) in [6.45, 7) is 5.89. The Kier molecular flexibility index (Phi) is 3.68. The molecule has 0 spiro atoms. The fourth-order valence-corrected chi connectivity index (χ4v) is 3.47. The zero-order chi connectivity index (χ0) is 10.7. The largest absolute Gasteiger partial charge is 0.330 e. The molecule has 1 saturated heterocycles. The highest BCUT2D eigenvalue weighted by Crippen LogP contribution is 2.44. The van der Waals surface area contributed by atoms with Crippen LogP contribution in [-0.4, -0.2) is 19.6 Å². The second-order valence-corrected chi connectivity index (χ2v) is 5.88. The van der Waals surface area contributed by atoms with Crippen LogP contribution in [0.2, 0.25) is 0 Å². The summed E-state index contributed by atoms with van der Waals surface area (Å²) >= 11 is 0. The minimum Gasteiger partial charge on any atom is -0.330 e. The van der Waals surface area contributed by atoms with E-state index >= 15 is 0 Å². The number of nitrogens with two attached hydrogens (primary N) is 1. The van der Waals surface area contributed by atoms with E-state index in [1.807, 2.05) is 0 Å². The van der Waals surface area contributed by atoms with Crippen LogP contribution < -0.4 is 11.1 Å². The van der Waals surface area contributed by atoms with Gasteiger partial charge in [0, 0.05) is 0 Å². The van der Waals surface area contributed by atoms with Crippen molar-refractivity contribution in [2.24, 2.45) is 23.0 Å². The molecule has 2 heteroatoms. The van der Waals surface area contributed by atoms with E-state index in [0.717, 1.165) is 18.4 Å². The quantitative estimate of drug-likeness (QED) is 0.696. The first-order chi connectivity index (χ1) is 7.24. The van der Waals surface area contributed by atoms with Gasteiger partial charge in [-0.25, -0.2) is 0 Å². The smallest absolute Gasteiger partial charge is 0.00153 e. The number of rotatable bonds is 1. The SMILES string of the molecule is C[C@]12CCCNCC1CC[C@H](CN)CC2. The lowest BCUT2D eigenvalue weighted by atomic mass is 9.71. The van der Waals surface area contributed by atoms with Crippen molar-refractivity contribution in [3.63, 3.8) is 0 Å². The van der Waals surface area contributed by atoms with Crippen LogP contribution in [0.3, 0.4) is 0 Å². The minimum absolute atomic E-state index is 0.605. The van der Waals surface area contributed by atoms with Gasteiger partial charge in [0.05, 0.1) is 0 Å². The molecule has 3 atom stereocenters. The maximum absolute atomic E-state index is 5.82. The van der Waals surface area contributed by atoms with Gasteiger partial charge >= 0.3 is 0 Å². The molecule has 2 aliphatic rings. The molecule has 88 valence electrons. The summed E-state index contributed by atoms with van der Waals surface area (Å²) in [5.41, 5.74) is 6.43. The fourth-order valence-electron chi connectivity index (χ4n) is 3.47. The Balaban J connectivity index is 2.05. The minimum atomic E-state index is 0.605. The van der Waals surface area contributed by atoms with E-state index in [9.17, 15) is 0 Å². The summed E-state index contributed by atoms with van der Waals surface area (Å²) in [6, 6.07) is 0. The molecule has 1 saturated carbocycles. The van der Waals surface area contributed by atoms with Gasteiger partial charge in [0.25, 0.3) is 0 Å². The van der Waals surface area contributed by atoms with E-state index in [4.69, 9.17) is 5.73 Å². The molecule has 0 bridgehead atoms. The van der Waals surface area contributed by atoms with E-state index in [1.165, 1.54) is 51.6 Å². The van der Waals surface area contributed by atoms with Crippen LogP contribution in [0, 0.1) is 17.3 Å². The first-order valence-corrected chi connectivity index (χ1v) is 6.65. The van der Waals surface area contributed by atoms with Gasteiger partial charge < -0.3 is 11.1 Å². The van der Waals surface area contributed by atoms with Crippen LogP contribution in [0.15, 0.2) is 0 Å². The molecule has 0 aromatic rings. The maximum Gasteiger partial charge on any atom is -0.00153 e. The van der Waals surface area contributed by atoms with Gasteiger partial charge in [-0.3, -0.25) is 0 Å². The van der Waals surface area contributed by atoms with Crippen molar-refractivity contribution in [1.29, 1.82) is 0 Å². The average molecular weight is 210 g/mol. The van der Waals surface area contributed by atoms with Crippen LogP contribution in [0.5, 0.6) is 0 Å². The second-order valence-electron chi connectivity index (χ2n) is 5.88. The third-order valence-electron chi connectivity index (χ3n) is 4.86. The van der Waals surface area contributed by atoms with Crippen molar-refractivity contribution in [3.8, 4) is 0 Å². The van der Waals surface area contributed by atoms with Gasteiger partial charge in [-0.05, 0) is 75.4 Å². The molecule has 2 nitrogen and oxygen atoms in total. The van der Waals surface area contributed by atoms with Crippen LogP contribution in [-0.2, 0) is 0 Å². The van der Waals surface area contributed by atoms with Crippen molar-refractivity contribution in [2.45, 2.75) is 45.4 Å². The normalized spacial score (nSPS) is 42.8. The molecule has 1 aliphatic heterocycles. The van der Waals surface area contributed by atoms with Crippen molar-refractivity contribution in [3.05, 3.63) is 0 Å². The Labute approximate surface area is 94.0 Å². The third-order valence-corrected chi connectivity index (χ3v) is 4.86. The third kappa shape index (κ3) is 2.54. The standard InChI is InChI=1S/C13H26N2/c1-13-6-2-8-15-10-12(13)4-3-11(9-14)5-7-13/h11-12,15H,2-10,14H2,1H3/t11-,12?,13+/m0/s1. The fraction of sp³-hybridized carbons (Fsp3) is 1.00. The molecule has 0 aromatic heterocycles. The van der Waals surface area contributed by atoms with Gasteiger partial charge in [-0.1, -0.05) is 6.92 Å². The van der Waals surface area contributed by atoms with Crippen LogP contribution in [0.1, 0.15) is 45.4 Å². The molecular weight excluding hydrogens is 184 g/mol. The van der Waals surface area contributed by atoms with Crippen molar-refractivity contribution in [1.82, 2.24) is 5.32 Å². The first kappa shape index (κ1) is 11.4. The molecule has 0 amide bonds. The summed E-state index contributed by atoms with van der Waals surface area (Å²) in [5, 5.41) is 3.60. The summed E-state index contributed by atoms with van der Waals surface area (Å²) in [6.07, 6.45) is 8.30. The van der Waals surface area contributed by atoms with E-state index in [-0.39, 0.29) is 0 Å². The molecule has 0 radical (unpaired) electrons. The topological polar surface area (TPSA) is 38.0 Å². The zero-order valence-corrected chi connectivity index (χ0v) is 10.1. The predicted octanol–water partition coefficient (Wildman–Crippen LogP) is 2.14. The zero-order valence-electron chi connectivity index (χ0n) is 10.1. The van der Waals surface area contributed by atoms with E-state index < -0.39 is 0 Å². The van der Waals surface area contributed by atoms with Crippen LogP contribution in [0.25, 0.3) is 0 Å². The van der Waals surface area contributed by atoms with E-state index in [1.54, 1.807) is 0 Å². The summed E-state index contributed by atoms with van der Waals surface area (Å²) in [5.74, 6) is 1.70. The molecule has 2 rings (SSSR count). The van der Waals surface area contributed by atoms with Crippen molar-refractivity contribution < 1.29 is 0 Å². The lowest BCUT2D eigenvalue weighted by molar-refractivity contribution is 0.166. The predicted molar refractivity (Wildman–Crippen MR) is 64.7 cm³/mol. The maximum atomic E-state index is 5.82. The van der Waals surface area contributed by atoms with E-state index in [0.29, 0.717) is 5.41 Å². The second kappa shape index (κ2) is 4.84. The van der Waals surface area contributed by atoms with Gasteiger partial charge in [-0.15, -0.1) is 0 Å². The van der Waals surface area contributed by atoms with Crippen molar-refractivity contribution >= 4 is 0 Å². The van der Waals surface area contributed by atoms with Gasteiger partial charge in [-0.2, -0.15) is 0 Å². The molecule has 1 heterocycles. The highest BCUT2D eigenvalue weighted by atomic mass is 14.9. The summed E-state index contributed by atoms with van der Waals surface area (Å²) < 4.78 is 0. The number of nitrogens with one attached hydrogen (secondary N) is 1. The molecule has 1 unspecified atom stereocenters. The van der Waals surface area contributed by atoms with Gasteiger partial charge in [0.1, 0.15) is 0 Å². The Bertz CT molecular complexity index is 205. The molecule has 0 aromatic carbocycles. The molecular formula is C13H26N2. The highest BCUT2D eigenvalue weighted by Gasteiger charge is 2.37. The van der Waals surface area contributed by atoms with E-state index in [2.05, 4.69) is 12.2 Å². The molecule has 3 N–H and O–H groups in total.